The number of halogens is 1. The van der Waals surface area contributed by atoms with Crippen LogP contribution in [0.25, 0.3) is 0 Å². The quantitative estimate of drug-likeness (QED) is 0.469. The second-order valence-corrected chi connectivity index (χ2v) is 7.33. The number of aromatic nitrogens is 2. The third-order valence-corrected chi connectivity index (χ3v) is 4.21. The molecule has 2 rings (SSSR count). The zero-order valence-corrected chi connectivity index (χ0v) is 13.5. The van der Waals surface area contributed by atoms with Crippen molar-refractivity contribution >= 4 is 23.4 Å². The highest BCUT2D eigenvalue weighted by atomic mass is 35.5. The largest absolute Gasteiger partial charge is 0.474 e. The Labute approximate surface area is 124 Å². The van der Waals surface area contributed by atoms with E-state index in [2.05, 4.69) is 30.7 Å². The number of hydrogen-bond donors (Lipinski definition) is 0. The van der Waals surface area contributed by atoms with Crippen molar-refractivity contribution in [2.24, 2.45) is 11.3 Å². The van der Waals surface area contributed by atoms with E-state index in [9.17, 15) is 0 Å². The summed E-state index contributed by atoms with van der Waals surface area (Å²) in [4.78, 5) is 8.49. The smallest absolute Gasteiger partial charge is 0.219 e. The van der Waals surface area contributed by atoms with E-state index >= 15 is 0 Å². The van der Waals surface area contributed by atoms with Gasteiger partial charge in [0, 0.05) is 6.07 Å². The van der Waals surface area contributed by atoms with Crippen molar-refractivity contribution in [1.82, 2.24) is 9.97 Å². The zero-order chi connectivity index (χ0) is 14.0. The molecule has 0 bridgehead atoms. The van der Waals surface area contributed by atoms with Gasteiger partial charge in [0.15, 0.2) is 5.16 Å². The fourth-order valence-corrected chi connectivity index (χ4v) is 3.64. The Morgan fingerprint density at radius 1 is 1.37 bits per heavy atom. The van der Waals surface area contributed by atoms with Crippen molar-refractivity contribution in [2.75, 3.05) is 6.26 Å². The van der Waals surface area contributed by atoms with Gasteiger partial charge >= 0.3 is 0 Å². The van der Waals surface area contributed by atoms with E-state index in [1.54, 1.807) is 6.07 Å². The number of hydrogen-bond acceptors (Lipinski definition) is 4. The van der Waals surface area contributed by atoms with Gasteiger partial charge in [-0.3, -0.25) is 0 Å². The van der Waals surface area contributed by atoms with Gasteiger partial charge in [-0.15, -0.1) is 0 Å². The summed E-state index contributed by atoms with van der Waals surface area (Å²) in [7, 11) is 0. The van der Waals surface area contributed by atoms with Crippen LogP contribution < -0.4 is 4.74 Å². The molecule has 0 spiro atoms. The van der Waals surface area contributed by atoms with Crippen molar-refractivity contribution < 1.29 is 4.74 Å². The summed E-state index contributed by atoms with van der Waals surface area (Å²) < 4.78 is 6.04. The molecule has 0 amide bonds. The highest BCUT2D eigenvalue weighted by Gasteiger charge is 2.33. The molecule has 1 heterocycles. The zero-order valence-electron chi connectivity index (χ0n) is 11.9. The molecule has 1 fully saturated rings. The Morgan fingerprint density at radius 3 is 2.74 bits per heavy atom. The molecule has 0 radical (unpaired) electrons. The van der Waals surface area contributed by atoms with Gasteiger partial charge in [0.2, 0.25) is 5.88 Å². The Kier molecular flexibility index (Phi) is 4.62. The summed E-state index contributed by atoms with van der Waals surface area (Å²) in [5.41, 5.74) is 0.335. The number of ether oxygens (including phenoxy) is 1. The Bertz CT molecular complexity index is 453. The van der Waals surface area contributed by atoms with Crippen molar-refractivity contribution in [2.45, 2.75) is 51.3 Å². The van der Waals surface area contributed by atoms with E-state index < -0.39 is 0 Å². The van der Waals surface area contributed by atoms with E-state index in [4.69, 9.17) is 16.3 Å². The molecule has 19 heavy (non-hydrogen) atoms. The first-order chi connectivity index (χ1) is 8.88. The monoisotopic (exact) mass is 300 g/mol. The van der Waals surface area contributed by atoms with Gasteiger partial charge < -0.3 is 4.74 Å². The minimum atomic E-state index is 0.222. The van der Waals surface area contributed by atoms with Crippen LogP contribution in [0.1, 0.15) is 40.0 Å². The second kappa shape index (κ2) is 5.88. The second-order valence-electron chi connectivity index (χ2n) is 6.17. The first-order valence-corrected chi connectivity index (χ1v) is 8.23. The maximum atomic E-state index is 6.04. The molecule has 1 aliphatic rings. The van der Waals surface area contributed by atoms with Crippen LogP contribution in [0.5, 0.6) is 5.88 Å². The van der Waals surface area contributed by atoms with E-state index in [1.807, 2.05) is 6.26 Å². The predicted molar refractivity (Wildman–Crippen MR) is 80.0 cm³/mol. The van der Waals surface area contributed by atoms with Crippen LogP contribution in [-0.2, 0) is 0 Å². The van der Waals surface area contributed by atoms with Crippen LogP contribution in [0.15, 0.2) is 11.2 Å². The Balaban J connectivity index is 2.10. The fourth-order valence-electron chi connectivity index (χ4n) is 3.05. The van der Waals surface area contributed by atoms with Crippen LogP contribution >= 0.6 is 23.4 Å². The van der Waals surface area contributed by atoms with Gasteiger partial charge in [0.25, 0.3) is 0 Å². The standard InChI is InChI=1S/C14H21ClN2OS/c1-9-5-10(8-14(2,3)7-9)18-12-6-11(15)16-13(17-12)19-4/h6,9-10H,5,7-8H2,1-4H3. The molecular formula is C14H21ClN2OS. The summed E-state index contributed by atoms with van der Waals surface area (Å²) in [6, 6.07) is 1.70. The predicted octanol–water partition coefficient (Wildman–Crippen LogP) is 4.45. The average molecular weight is 301 g/mol. The van der Waals surface area contributed by atoms with Gasteiger partial charge in [0.1, 0.15) is 11.3 Å². The summed E-state index contributed by atoms with van der Waals surface area (Å²) in [6.07, 6.45) is 5.56. The molecule has 3 nitrogen and oxygen atoms in total. The number of nitrogens with zero attached hydrogens (tertiary/aromatic N) is 2. The summed E-state index contributed by atoms with van der Waals surface area (Å²) in [5.74, 6) is 1.28. The van der Waals surface area contributed by atoms with Crippen molar-refractivity contribution in [3.8, 4) is 5.88 Å². The third-order valence-electron chi connectivity index (χ3n) is 3.47. The van der Waals surface area contributed by atoms with E-state index in [-0.39, 0.29) is 6.10 Å². The summed E-state index contributed by atoms with van der Waals surface area (Å²) >= 11 is 7.46. The fraction of sp³-hybridized carbons (Fsp3) is 0.714. The molecule has 2 unspecified atom stereocenters. The molecule has 1 aromatic heterocycles. The van der Waals surface area contributed by atoms with E-state index in [1.165, 1.54) is 18.2 Å². The average Bonchev–Trinajstić information content (AvgIpc) is 2.24. The van der Waals surface area contributed by atoms with Crippen LogP contribution in [0.3, 0.4) is 0 Å². The maximum Gasteiger partial charge on any atom is 0.219 e. The molecule has 2 atom stereocenters. The molecular weight excluding hydrogens is 280 g/mol. The van der Waals surface area contributed by atoms with Gasteiger partial charge in [0.05, 0.1) is 0 Å². The topological polar surface area (TPSA) is 35.0 Å². The molecule has 1 aliphatic carbocycles. The van der Waals surface area contributed by atoms with Crippen molar-refractivity contribution in [1.29, 1.82) is 0 Å². The minimum absolute atomic E-state index is 0.222. The first-order valence-electron chi connectivity index (χ1n) is 6.63. The van der Waals surface area contributed by atoms with Crippen molar-refractivity contribution in [3.05, 3.63) is 11.2 Å². The molecule has 0 saturated heterocycles. The molecule has 0 aromatic carbocycles. The van der Waals surface area contributed by atoms with E-state index in [0.29, 0.717) is 27.5 Å². The third kappa shape index (κ3) is 4.25. The number of rotatable bonds is 3. The van der Waals surface area contributed by atoms with Gasteiger partial charge in [-0.25, -0.2) is 4.98 Å². The first kappa shape index (κ1) is 14.9. The lowest BCUT2D eigenvalue weighted by Gasteiger charge is -2.38. The van der Waals surface area contributed by atoms with Gasteiger partial charge in [-0.2, -0.15) is 4.98 Å². The van der Waals surface area contributed by atoms with Gasteiger partial charge in [-0.1, -0.05) is 44.1 Å². The van der Waals surface area contributed by atoms with Crippen LogP contribution in [0.2, 0.25) is 5.15 Å². The van der Waals surface area contributed by atoms with Crippen LogP contribution in [0, 0.1) is 11.3 Å². The van der Waals surface area contributed by atoms with Crippen molar-refractivity contribution in [3.63, 3.8) is 0 Å². The highest BCUT2D eigenvalue weighted by Crippen LogP contribution is 2.39. The lowest BCUT2D eigenvalue weighted by atomic mass is 9.71. The molecule has 106 valence electrons. The molecule has 5 heteroatoms. The maximum absolute atomic E-state index is 6.04. The normalized spacial score (nSPS) is 26.2. The van der Waals surface area contributed by atoms with E-state index in [0.717, 1.165) is 12.8 Å². The Morgan fingerprint density at radius 2 is 2.11 bits per heavy atom. The molecule has 1 saturated carbocycles. The molecule has 1 aromatic rings. The lowest BCUT2D eigenvalue weighted by Crippen LogP contribution is -2.34. The SMILES string of the molecule is CSc1nc(Cl)cc(OC2CC(C)CC(C)(C)C2)n1. The molecule has 0 aliphatic heterocycles. The number of thioether (sulfide) groups is 1. The molecule has 0 N–H and O–H groups in total. The lowest BCUT2D eigenvalue weighted by molar-refractivity contribution is 0.0527. The van der Waals surface area contributed by atoms with Gasteiger partial charge in [-0.05, 0) is 36.9 Å². The minimum Gasteiger partial charge on any atom is -0.474 e. The van der Waals surface area contributed by atoms with Crippen LogP contribution in [-0.4, -0.2) is 22.3 Å². The highest BCUT2D eigenvalue weighted by molar-refractivity contribution is 7.98. The summed E-state index contributed by atoms with van der Waals surface area (Å²) in [6.45, 7) is 6.90. The van der Waals surface area contributed by atoms with Crippen LogP contribution in [0.4, 0.5) is 0 Å². The summed E-state index contributed by atoms with van der Waals surface area (Å²) in [5, 5.41) is 1.10. The Hall–Kier alpha value is -0.480.